The molecule has 2 N–H and O–H groups in total. The lowest BCUT2D eigenvalue weighted by Gasteiger charge is -2.10. The van der Waals surface area contributed by atoms with E-state index in [1.165, 1.54) is 21.6 Å². The number of amides is 2. The molecular formula is C20H22Cl2N6O3. The van der Waals surface area contributed by atoms with E-state index < -0.39 is 5.91 Å². The van der Waals surface area contributed by atoms with Crippen LogP contribution in [0.15, 0.2) is 36.7 Å². The fourth-order valence-corrected chi connectivity index (χ4v) is 3.18. The monoisotopic (exact) mass is 464 g/mol. The van der Waals surface area contributed by atoms with E-state index >= 15 is 0 Å². The van der Waals surface area contributed by atoms with Crippen molar-refractivity contribution in [3.05, 3.63) is 58.1 Å². The largest absolute Gasteiger partial charge is 0.468 e. The van der Waals surface area contributed by atoms with E-state index in [-0.39, 0.29) is 24.0 Å². The first-order chi connectivity index (χ1) is 14.8. The quantitative estimate of drug-likeness (QED) is 0.529. The number of para-hydroxylation sites is 1. The first kappa shape index (κ1) is 22.6. The van der Waals surface area contributed by atoms with Gasteiger partial charge in [0, 0.05) is 19.8 Å². The molecule has 2 amide bonds. The van der Waals surface area contributed by atoms with E-state index in [4.69, 9.17) is 27.9 Å². The number of carbonyl (C=O) groups excluding carboxylic acids is 2. The first-order valence-electron chi connectivity index (χ1n) is 9.48. The lowest BCUT2D eigenvalue weighted by atomic mass is 10.2. The maximum absolute atomic E-state index is 12.6. The van der Waals surface area contributed by atoms with Gasteiger partial charge in [0.05, 0.1) is 21.9 Å². The number of nitrogens with one attached hydrogen (secondary N) is 2. The van der Waals surface area contributed by atoms with Crippen molar-refractivity contribution >= 4 is 40.7 Å². The van der Waals surface area contributed by atoms with Crippen LogP contribution in [0.1, 0.15) is 34.8 Å². The molecule has 0 unspecified atom stereocenters. The summed E-state index contributed by atoms with van der Waals surface area (Å²) in [4.78, 5) is 25.1. The van der Waals surface area contributed by atoms with Crippen molar-refractivity contribution in [1.82, 2.24) is 24.9 Å². The van der Waals surface area contributed by atoms with Crippen LogP contribution in [-0.2, 0) is 13.8 Å². The van der Waals surface area contributed by atoms with Crippen LogP contribution in [0.5, 0.6) is 5.75 Å². The first-order valence-corrected chi connectivity index (χ1v) is 10.2. The Hall–Kier alpha value is -3.04. The van der Waals surface area contributed by atoms with Crippen LogP contribution in [-0.4, -0.2) is 37.9 Å². The zero-order valence-corrected chi connectivity index (χ0v) is 18.7. The molecular weight excluding hydrogens is 443 g/mol. The highest BCUT2D eigenvalue weighted by atomic mass is 35.5. The van der Waals surface area contributed by atoms with E-state index in [0.29, 0.717) is 33.9 Å². The number of ether oxygens (including phenoxy) is 1. The third kappa shape index (κ3) is 5.56. The third-order valence-electron chi connectivity index (χ3n) is 4.21. The van der Waals surface area contributed by atoms with Gasteiger partial charge in [-0.25, -0.2) is 4.68 Å². The van der Waals surface area contributed by atoms with E-state index in [1.807, 2.05) is 13.8 Å². The zero-order chi connectivity index (χ0) is 22.5. The Balaban J connectivity index is 1.66. The zero-order valence-electron chi connectivity index (χ0n) is 17.2. The summed E-state index contributed by atoms with van der Waals surface area (Å²) < 4.78 is 8.44. The van der Waals surface area contributed by atoms with E-state index in [0.717, 1.165) is 0 Å². The van der Waals surface area contributed by atoms with Crippen molar-refractivity contribution in [2.45, 2.75) is 20.6 Å². The molecule has 2 heterocycles. The van der Waals surface area contributed by atoms with Gasteiger partial charge >= 0.3 is 0 Å². The number of nitrogens with zero attached hydrogens (tertiary/aromatic N) is 4. The third-order valence-corrected chi connectivity index (χ3v) is 4.80. The standard InChI is InChI=1S/C20H22Cl2N6O3/c1-12(2)9-23-20(30)17-16(10-24-27(17)3)25-19(29)15-7-8-28(26-15)11-31-18-13(21)5-4-6-14(18)22/h4-8,10,12H,9,11H2,1-3H3,(H,23,30)(H,25,29). The van der Waals surface area contributed by atoms with E-state index in [9.17, 15) is 9.59 Å². The van der Waals surface area contributed by atoms with Crippen LogP contribution >= 0.6 is 23.2 Å². The molecule has 0 saturated carbocycles. The summed E-state index contributed by atoms with van der Waals surface area (Å²) in [6.07, 6.45) is 3.00. The molecule has 0 aliphatic heterocycles. The molecule has 0 saturated heterocycles. The summed E-state index contributed by atoms with van der Waals surface area (Å²) in [6, 6.07) is 6.56. The van der Waals surface area contributed by atoms with Crippen LogP contribution in [0, 0.1) is 5.92 Å². The molecule has 164 valence electrons. The average Bonchev–Trinajstić information content (AvgIpc) is 3.33. The Morgan fingerprint density at radius 3 is 2.55 bits per heavy atom. The number of benzene rings is 1. The molecule has 9 nitrogen and oxygen atoms in total. The number of aryl methyl sites for hydroxylation is 1. The second kappa shape index (κ2) is 9.84. The van der Waals surface area contributed by atoms with Gasteiger partial charge in [-0.05, 0) is 24.1 Å². The second-order valence-electron chi connectivity index (χ2n) is 7.15. The summed E-state index contributed by atoms with van der Waals surface area (Å²) in [5.74, 6) is -0.179. The van der Waals surface area contributed by atoms with Crippen LogP contribution in [0.2, 0.25) is 10.0 Å². The van der Waals surface area contributed by atoms with Crippen molar-refractivity contribution < 1.29 is 14.3 Å². The molecule has 11 heteroatoms. The van der Waals surface area contributed by atoms with Gasteiger partial charge in [0.2, 0.25) is 0 Å². The molecule has 1 aromatic carbocycles. The van der Waals surface area contributed by atoms with Gasteiger partial charge in [-0.2, -0.15) is 10.2 Å². The van der Waals surface area contributed by atoms with Gasteiger partial charge in [0.25, 0.3) is 11.8 Å². The fourth-order valence-electron chi connectivity index (χ4n) is 2.67. The van der Waals surface area contributed by atoms with Crippen molar-refractivity contribution in [2.75, 3.05) is 11.9 Å². The number of hydrogen-bond acceptors (Lipinski definition) is 5. The van der Waals surface area contributed by atoms with E-state index in [2.05, 4.69) is 20.8 Å². The fraction of sp³-hybridized carbons (Fsp3) is 0.300. The SMILES string of the molecule is CC(C)CNC(=O)c1c(NC(=O)c2ccn(COc3c(Cl)cccc3Cl)n2)cnn1C. The Labute approximate surface area is 189 Å². The number of anilines is 1. The van der Waals surface area contributed by atoms with Gasteiger partial charge < -0.3 is 15.4 Å². The van der Waals surface area contributed by atoms with Crippen molar-refractivity contribution in [3.8, 4) is 5.75 Å². The van der Waals surface area contributed by atoms with Crippen LogP contribution in [0.25, 0.3) is 0 Å². The summed E-state index contributed by atoms with van der Waals surface area (Å²) in [5.41, 5.74) is 0.693. The van der Waals surface area contributed by atoms with Crippen LogP contribution < -0.4 is 15.4 Å². The molecule has 0 radical (unpaired) electrons. The normalized spacial score (nSPS) is 10.9. The number of rotatable bonds is 8. The Morgan fingerprint density at radius 2 is 1.87 bits per heavy atom. The molecule has 2 aromatic heterocycles. The number of hydrogen-bond donors (Lipinski definition) is 2. The van der Waals surface area contributed by atoms with Crippen LogP contribution in [0.3, 0.4) is 0 Å². The van der Waals surface area contributed by atoms with Crippen molar-refractivity contribution in [3.63, 3.8) is 0 Å². The highest BCUT2D eigenvalue weighted by Crippen LogP contribution is 2.32. The van der Waals surface area contributed by atoms with Gasteiger partial charge in [-0.3, -0.25) is 14.3 Å². The molecule has 0 atom stereocenters. The summed E-state index contributed by atoms with van der Waals surface area (Å²) in [7, 11) is 1.63. The highest BCUT2D eigenvalue weighted by Gasteiger charge is 2.20. The smallest absolute Gasteiger partial charge is 0.276 e. The van der Waals surface area contributed by atoms with Gasteiger partial charge in [0.15, 0.2) is 18.2 Å². The Bertz CT molecular complexity index is 1070. The number of carbonyl (C=O) groups is 2. The highest BCUT2D eigenvalue weighted by molar-refractivity contribution is 6.37. The minimum atomic E-state index is -0.486. The summed E-state index contributed by atoms with van der Waals surface area (Å²) in [6.45, 7) is 4.50. The molecule has 0 spiro atoms. The predicted octanol–water partition coefficient (Wildman–Crippen LogP) is 3.60. The second-order valence-corrected chi connectivity index (χ2v) is 7.97. The molecule has 3 rings (SSSR count). The van der Waals surface area contributed by atoms with Gasteiger partial charge in [0.1, 0.15) is 5.69 Å². The van der Waals surface area contributed by atoms with Gasteiger partial charge in [-0.1, -0.05) is 43.1 Å². The van der Waals surface area contributed by atoms with Crippen LogP contribution in [0.4, 0.5) is 5.69 Å². The molecule has 0 fully saturated rings. The summed E-state index contributed by atoms with van der Waals surface area (Å²) in [5, 5.41) is 14.5. The maximum atomic E-state index is 12.6. The predicted molar refractivity (Wildman–Crippen MR) is 118 cm³/mol. The van der Waals surface area contributed by atoms with Crippen molar-refractivity contribution in [2.24, 2.45) is 13.0 Å². The Kier molecular flexibility index (Phi) is 7.19. The van der Waals surface area contributed by atoms with Gasteiger partial charge in [-0.15, -0.1) is 0 Å². The minimum Gasteiger partial charge on any atom is -0.468 e. The topological polar surface area (TPSA) is 103 Å². The lowest BCUT2D eigenvalue weighted by molar-refractivity contribution is 0.0940. The molecule has 3 aromatic rings. The van der Waals surface area contributed by atoms with E-state index in [1.54, 1.807) is 31.4 Å². The average molecular weight is 465 g/mol. The maximum Gasteiger partial charge on any atom is 0.276 e. The number of halogens is 2. The Morgan fingerprint density at radius 1 is 1.16 bits per heavy atom. The summed E-state index contributed by atoms with van der Waals surface area (Å²) >= 11 is 12.2. The van der Waals surface area contributed by atoms with Crippen molar-refractivity contribution in [1.29, 1.82) is 0 Å². The number of aromatic nitrogens is 4. The lowest BCUT2D eigenvalue weighted by Crippen LogP contribution is -2.30. The molecule has 31 heavy (non-hydrogen) atoms. The molecule has 0 bridgehead atoms. The molecule has 0 aliphatic carbocycles. The molecule has 0 aliphatic rings. The minimum absolute atomic E-state index is 0.00643.